The number of ether oxygens (including phenoxy) is 3. The van der Waals surface area contributed by atoms with Gasteiger partial charge in [0.2, 0.25) is 5.88 Å². The number of hydrogen-bond acceptors (Lipinski definition) is 5. The summed E-state index contributed by atoms with van der Waals surface area (Å²) in [5.41, 5.74) is -0.205. The van der Waals surface area contributed by atoms with Crippen LogP contribution in [0.5, 0.6) is 5.88 Å². The fourth-order valence-corrected chi connectivity index (χ4v) is 1.21. The first-order valence-electron chi connectivity index (χ1n) is 5.50. The Kier molecular flexibility index (Phi) is 6.27. The standard InChI is InChI=1S/C11H18N2O4/c1-9-12-10(14)8-11(13-9)17-5-3-4-16-7-6-15-2/h8H,3-7H2,1-2H3,(H,12,13,14). The van der Waals surface area contributed by atoms with Crippen molar-refractivity contribution in [2.24, 2.45) is 0 Å². The number of aromatic nitrogens is 2. The van der Waals surface area contributed by atoms with Crippen LogP contribution in [0, 0.1) is 6.92 Å². The molecule has 96 valence electrons. The van der Waals surface area contributed by atoms with Crippen molar-refractivity contribution in [3.8, 4) is 5.88 Å². The van der Waals surface area contributed by atoms with Gasteiger partial charge in [-0.15, -0.1) is 0 Å². The van der Waals surface area contributed by atoms with Crippen LogP contribution >= 0.6 is 0 Å². The number of hydrogen-bond donors (Lipinski definition) is 1. The largest absolute Gasteiger partial charge is 0.477 e. The molecule has 1 aromatic rings. The summed E-state index contributed by atoms with van der Waals surface area (Å²) in [6.07, 6.45) is 0.747. The van der Waals surface area contributed by atoms with Gasteiger partial charge in [-0.1, -0.05) is 0 Å². The topological polar surface area (TPSA) is 73.4 Å². The van der Waals surface area contributed by atoms with E-state index >= 15 is 0 Å². The quantitative estimate of drug-likeness (QED) is 0.672. The van der Waals surface area contributed by atoms with Crippen molar-refractivity contribution in [2.45, 2.75) is 13.3 Å². The number of methoxy groups -OCH3 is 1. The van der Waals surface area contributed by atoms with Gasteiger partial charge >= 0.3 is 0 Å². The highest BCUT2D eigenvalue weighted by molar-refractivity contribution is 5.07. The molecule has 0 aliphatic carbocycles. The molecule has 6 heteroatoms. The number of rotatable bonds is 8. The molecule has 0 atom stereocenters. The van der Waals surface area contributed by atoms with Crippen LogP contribution in [0.2, 0.25) is 0 Å². The molecule has 6 nitrogen and oxygen atoms in total. The van der Waals surface area contributed by atoms with E-state index in [0.717, 1.165) is 6.42 Å². The third-order valence-electron chi connectivity index (χ3n) is 1.95. The summed E-state index contributed by atoms with van der Waals surface area (Å²) in [7, 11) is 1.63. The molecule has 0 aromatic carbocycles. The molecule has 1 N–H and O–H groups in total. The Labute approximate surface area is 99.9 Å². The van der Waals surface area contributed by atoms with Gasteiger partial charge in [-0.25, -0.2) is 4.98 Å². The molecular formula is C11H18N2O4. The predicted octanol–water partition coefficient (Wildman–Crippen LogP) is 0.510. The van der Waals surface area contributed by atoms with Crippen LogP contribution in [0.3, 0.4) is 0 Å². The molecule has 1 heterocycles. The maximum Gasteiger partial charge on any atom is 0.254 e. The van der Waals surface area contributed by atoms with Gasteiger partial charge < -0.3 is 19.2 Å². The Hall–Kier alpha value is -1.40. The summed E-state index contributed by atoms with van der Waals surface area (Å²) < 4.78 is 15.4. The van der Waals surface area contributed by atoms with Crippen molar-refractivity contribution in [1.82, 2.24) is 9.97 Å². The van der Waals surface area contributed by atoms with Crippen molar-refractivity contribution in [1.29, 1.82) is 0 Å². The Morgan fingerprint density at radius 3 is 2.82 bits per heavy atom. The molecule has 0 radical (unpaired) electrons. The molecule has 0 amide bonds. The lowest BCUT2D eigenvalue weighted by Gasteiger charge is -2.06. The fourth-order valence-electron chi connectivity index (χ4n) is 1.21. The van der Waals surface area contributed by atoms with Crippen LogP contribution in [0.4, 0.5) is 0 Å². The van der Waals surface area contributed by atoms with E-state index in [4.69, 9.17) is 14.2 Å². The minimum absolute atomic E-state index is 0.205. The molecule has 1 rings (SSSR count). The van der Waals surface area contributed by atoms with Gasteiger partial charge in [0.05, 0.1) is 25.9 Å². The molecule has 0 unspecified atom stereocenters. The summed E-state index contributed by atoms with van der Waals surface area (Å²) >= 11 is 0. The second-order valence-corrected chi connectivity index (χ2v) is 3.48. The SMILES string of the molecule is COCCOCCCOc1cc(=O)[nH]c(C)n1. The first kappa shape index (κ1) is 13.7. The van der Waals surface area contributed by atoms with E-state index in [1.54, 1.807) is 14.0 Å². The van der Waals surface area contributed by atoms with Crippen LogP contribution in [0.25, 0.3) is 0 Å². The lowest BCUT2D eigenvalue weighted by Crippen LogP contribution is -2.11. The van der Waals surface area contributed by atoms with Gasteiger partial charge in [0, 0.05) is 20.1 Å². The summed E-state index contributed by atoms with van der Waals surface area (Å²) in [5, 5.41) is 0. The normalized spacial score (nSPS) is 10.5. The first-order chi connectivity index (χ1) is 8.22. The molecule has 0 bridgehead atoms. The van der Waals surface area contributed by atoms with E-state index in [0.29, 0.717) is 38.1 Å². The van der Waals surface area contributed by atoms with Crippen LogP contribution in [-0.4, -0.2) is 43.5 Å². The van der Waals surface area contributed by atoms with Crippen molar-refractivity contribution >= 4 is 0 Å². The van der Waals surface area contributed by atoms with Gasteiger partial charge in [-0.3, -0.25) is 4.79 Å². The van der Waals surface area contributed by atoms with Crippen LogP contribution in [-0.2, 0) is 9.47 Å². The number of aromatic amines is 1. The van der Waals surface area contributed by atoms with Crippen LogP contribution < -0.4 is 10.3 Å². The number of H-pyrrole nitrogens is 1. The van der Waals surface area contributed by atoms with E-state index in [2.05, 4.69) is 9.97 Å². The molecule has 1 aromatic heterocycles. The lowest BCUT2D eigenvalue weighted by molar-refractivity contribution is 0.0642. The Morgan fingerprint density at radius 1 is 1.29 bits per heavy atom. The zero-order valence-corrected chi connectivity index (χ0v) is 10.2. The second-order valence-electron chi connectivity index (χ2n) is 3.48. The molecule has 0 fully saturated rings. The van der Waals surface area contributed by atoms with E-state index in [-0.39, 0.29) is 5.56 Å². The van der Waals surface area contributed by atoms with Crippen molar-refractivity contribution in [2.75, 3.05) is 33.5 Å². The maximum absolute atomic E-state index is 11.1. The molecule has 0 saturated carbocycles. The molecule has 0 aliphatic heterocycles. The van der Waals surface area contributed by atoms with Crippen LogP contribution in [0.1, 0.15) is 12.2 Å². The lowest BCUT2D eigenvalue weighted by atomic mass is 10.5. The summed E-state index contributed by atoms with van der Waals surface area (Å²) in [6, 6.07) is 1.33. The van der Waals surface area contributed by atoms with E-state index < -0.39 is 0 Å². The average molecular weight is 242 g/mol. The highest BCUT2D eigenvalue weighted by Gasteiger charge is 1.98. The Balaban J connectivity index is 2.16. The third kappa shape index (κ3) is 6.03. The number of nitrogens with one attached hydrogen (secondary N) is 1. The predicted molar refractivity (Wildman–Crippen MR) is 62.4 cm³/mol. The van der Waals surface area contributed by atoms with Crippen molar-refractivity contribution in [3.63, 3.8) is 0 Å². The second kappa shape index (κ2) is 7.81. The van der Waals surface area contributed by atoms with Gasteiger partial charge in [0.1, 0.15) is 5.82 Å². The maximum atomic E-state index is 11.1. The van der Waals surface area contributed by atoms with E-state index in [1.165, 1.54) is 6.07 Å². The zero-order valence-electron chi connectivity index (χ0n) is 10.2. The summed E-state index contributed by atoms with van der Waals surface area (Å²) in [6.45, 7) is 3.96. The first-order valence-corrected chi connectivity index (χ1v) is 5.50. The monoisotopic (exact) mass is 242 g/mol. The number of aryl methyl sites for hydroxylation is 1. The van der Waals surface area contributed by atoms with Gasteiger partial charge in [-0.05, 0) is 6.92 Å². The zero-order chi connectivity index (χ0) is 12.5. The summed E-state index contributed by atoms with van der Waals surface area (Å²) in [5.74, 6) is 0.895. The Morgan fingerprint density at radius 2 is 2.12 bits per heavy atom. The smallest absolute Gasteiger partial charge is 0.254 e. The van der Waals surface area contributed by atoms with E-state index in [9.17, 15) is 4.79 Å². The van der Waals surface area contributed by atoms with Crippen molar-refractivity contribution < 1.29 is 14.2 Å². The molecule has 0 saturated heterocycles. The summed E-state index contributed by atoms with van der Waals surface area (Å²) in [4.78, 5) is 17.7. The molecule has 17 heavy (non-hydrogen) atoms. The molecular weight excluding hydrogens is 224 g/mol. The minimum atomic E-state index is -0.205. The molecule has 0 spiro atoms. The average Bonchev–Trinajstić information content (AvgIpc) is 2.26. The van der Waals surface area contributed by atoms with Gasteiger partial charge in [-0.2, -0.15) is 0 Å². The molecule has 0 aliphatic rings. The minimum Gasteiger partial charge on any atom is -0.477 e. The highest BCUT2D eigenvalue weighted by Crippen LogP contribution is 2.01. The fraction of sp³-hybridized carbons (Fsp3) is 0.636. The van der Waals surface area contributed by atoms with Crippen molar-refractivity contribution in [3.05, 3.63) is 22.2 Å². The van der Waals surface area contributed by atoms with E-state index in [1.807, 2.05) is 0 Å². The highest BCUT2D eigenvalue weighted by atomic mass is 16.5. The van der Waals surface area contributed by atoms with Crippen LogP contribution in [0.15, 0.2) is 10.9 Å². The third-order valence-corrected chi connectivity index (χ3v) is 1.95. The number of nitrogens with zero attached hydrogens (tertiary/aromatic N) is 1. The Bertz CT molecular complexity index is 378. The van der Waals surface area contributed by atoms with Gasteiger partial charge in [0.15, 0.2) is 0 Å². The van der Waals surface area contributed by atoms with Gasteiger partial charge in [0.25, 0.3) is 5.56 Å².